The van der Waals surface area contributed by atoms with Gasteiger partial charge in [-0.3, -0.25) is 9.59 Å². The molecule has 108 valence electrons. The normalized spacial score (nSPS) is 22.9. The molecule has 1 heterocycles. The number of nitrogens with zero attached hydrogens (tertiary/aromatic N) is 1. The van der Waals surface area contributed by atoms with Crippen LogP contribution in [0.3, 0.4) is 0 Å². The third kappa shape index (κ3) is 2.99. The van der Waals surface area contributed by atoms with Gasteiger partial charge < -0.3 is 10.2 Å². The highest BCUT2D eigenvalue weighted by atomic mass is 16.2. The number of carbonyl (C=O) groups excluding carboxylic acids is 2. The van der Waals surface area contributed by atoms with Crippen LogP contribution in [0.5, 0.6) is 0 Å². The van der Waals surface area contributed by atoms with Gasteiger partial charge in [-0.05, 0) is 26.2 Å². The predicted molar refractivity (Wildman–Crippen MR) is 76.7 cm³/mol. The van der Waals surface area contributed by atoms with Crippen molar-refractivity contribution in [3.05, 3.63) is 12.2 Å². The lowest BCUT2D eigenvalue weighted by molar-refractivity contribution is -0.155. The lowest BCUT2D eigenvalue weighted by Crippen LogP contribution is -2.69. The van der Waals surface area contributed by atoms with E-state index in [1.807, 2.05) is 39.8 Å². The Balaban J connectivity index is 3.07. The van der Waals surface area contributed by atoms with Gasteiger partial charge in [-0.1, -0.05) is 39.3 Å². The van der Waals surface area contributed by atoms with Crippen molar-refractivity contribution >= 4 is 11.8 Å². The quantitative estimate of drug-likeness (QED) is 0.750. The van der Waals surface area contributed by atoms with Crippen molar-refractivity contribution in [1.82, 2.24) is 10.2 Å². The van der Waals surface area contributed by atoms with E-state index in [9.17, 15) is 9.59 Å². The number of nitrogens with one attached hydrogen (secondary N) is 1. The van der Waals surface area contributed by atoms with Crippen molar-refractivity contribution in [2.45, 2.75) is 65.0 Å². The van der Waals surface area contributed by atoms with Crippen molar-refractivity contribution in [3.8, 4) is 0 Å². The van der Waals surface area contributed by atoms with Crippen molar-refractivity contribution < 1.29 is 9.59 Å². The molecule has 1 rings (SSSR count). The number of allylic oxidation sites excluding steroid dienone is 1. The Hall–Kier alpha value is -1.32. The fraction of sp³-hybridized carbons (Fsp3) is 0.733. The number of amides is 2. The summed E-state index contributed by atoms with van der Waals surface area (Å²) in [6, 6.07) is -0.320. The molecule has 2 amide bonds. The van der Waals surface area contributed by atoms with E-state index in [0.29, 0.717) is 19.4 Å². The molecular weight excluding hydrogens is 240 g/mol. The molecule has 0 radical (unpaired) electrons. The summed E-state index contributed by atoms with van der Waals surface area (Å²) in [6.45, 7) is 8.39. The molecule has 0 spiro atoms. The van der Waals surface area contributed by atoms with Gasteiger partial charge in [0.15, 0.2) is 0 Å². The topological polar surface area (TPSA) is 49.4 Å². The zero-order chi connectivity index (χ0) is 14.5. The Bertz CT molecular complexity index is 359. The number of hydrogen-bond donors (Lipinski definition) is 1. The second-order valence-electron chi connectivity index (χ2n) is 5.11. The molecule has 1 N–H and O–H groups in total. The lowest BCUT2D eigenvalue weighted by Gasteiger charge is -2.45. The van der Waals surface area contributed by atoms with Gasteiger partial charge in [-0.25, -0.2) is 0 Å². The summed E-state index contributed by atoms with van der Waals surface area (Å²) < 4.78 is 0. The summed E-state index contributed by atoms with van der Waals surface area (Å²) in [7, 11) is 0. The molecule has 1 fully saturated rings. The van der Waals surface area contributed by atoms with E-state index >= 15 is 0 Å². The second-order valence-corrected chi connectivity index (χ2v) is 5.11. The maximum absolute atomic E-state index is 12.7. The summed E-state index contributed by atoms with van der Waals surface area (Å²) in [5.41, 5.74) is -0.705. The Morgan fingerprint density at radius 2 is 1.89 bits per heavy atom. The van der Waals surface area contributed by atoms with Gasteiger partial charge in [0, 0.05) is 6.54 Å². The van der Waals surface area contributed by atoms with Crippen molar-refractivity contribution in [2.75, 3.05) is 6.54 Å². The molecule has 1 saturated heterocycles. The van der Waals surface area contributed by atoms with Crippen LogP contribution in [0.15, 0.2) is 12.2 Å². The zero-order valence-electron chi connectivity index (χ0n) is 12.5. The van der Waals surface area contributed by atoms with Crippen LogP contribution in [0.4, 0.5) is 0 Å². The van der Waals surface area contributed by atoms with Crippen LogP contribution in [0.25, 0.3) is 0 Å². The fourth-order valence-corrected chi connectivity index (χ4v) is 2.65. The molecule has 4 nitrogen and oxygen atoms in total. The van der Waals surface area contributed by atoms with E-state index < -0.39 is 5.54 Å². The van der Waals surface area contributed by atoms with Gasteiger partial charge in [-0.15, -0.1) is 0 Å². The highest BCUT2D eigenvalue weighted by molar-refractivity contribution is 5.99. The molecule has 0 saturated carbocycles. The molecule has 1 atom stereocenters. The standard InChI is InChI=1S/C15H26N2O2/c1-5-9-11-17-12(10-6-2)13(18)16-15(7-3,8-4)14(17)19/h5,9,12H,6-8,10-11H2,1-4H3,(H,16,18)/b9-5+. The molecule has 0 aromatic carbocycles. The van der Waals surface area contributed by atoms with Crippen molar-refractivity contribution in [2.24, 2.45) is 0 Å². The van der Waals surface area contributed by atoms with Crippen LogP contribution in [0.1, 0.15) is 53.4 Å². The van der Waals surface area contributed by atoms with E-state index in [1.165, 1.54) is 0 Å². The highest BCUT2D eigenvalue weighted by Crippen LogP contribution is 2.26. The molecular formula is C15H26N2O2. The fourth-order valence-electron chi connectivity index (χ4n) is 2.65. The van der Waals surface area contributed by atoms with Crippen molar-refractivity contribution in [3.63, 3.8) is 0 Å². The van der Waals surface area contributed by atoms with Gasteiger partial charge >= 0.3 is 0 Å². The van der Waals surface area contributed by atoms with Crippen molar-refractivity contribution in [1.29, 1.82) is 0 Å². The summed E-state index contributed by atoms with van der Waals surface area (Å²) >= 11 is 0. The molecule has 1 aliphatic rings. The first-order chi connectivity index (χ1) is 9.06. The van der Waals surface area contributed by atoms with Crippen LogP contribution < -0.4 is 5.32 Å². The third-order valence-electron chi connectivity index (χ3n) is 4.02. The summed E-state index contributed by atoms with van der Waals surface area (Å²) in [4.78, 5) is 26.8. The molecule has 19 heavy (non-hydrogen) atoms. The predicted octanol–water partition coefficient (Wildman–Crippen LogP) is 2.25. The van der Waals surface area contributed by atoms with Crippen LogP contribution in [0, 0.1) is 0 Å². The largest absolute Gasteiger partial charge is 0.340 e. The van der Waals surface area contributed by atoms with Crippen LogP contribution in [0.2, 0.25) is 0 Å². The number of hydrogen-bond acceptors (Lipinski definition) is 2. The van der Waals surface area contributed by atoms with E-state index in [2.05, 4.69) is 5.32 Å². The Morgan fingerprint density at radius 3 is 2.37 bits per heavy atom. The molecule has 1 unspecified atom stereocenters. The zero-order valence-corrected chi connectivity index (χ0v) is 12.5. The molecule has 1 aliphatic heterocycles. The molecule has 4 heteroatoms. The maximum atomic E-state index is 12.7. The summed E-state index contributed by atoms with van der Waals surface area (Å²) in [6.07, 6.45) is 6.75. The smallest absolute Gasteiger partial charge is 0.249 e. The van der Waals surface area contributed by atoms with Gasteiger partial charge in [0.1, 0.15) is 11.6 Å². The first kappa shape index (κ1) is 15.7. The van der Waals surface area contributed by atoms with Crippen LogP contribution >= 0.6 is 0 Å². The van der Waals surface area contributed by atoms with E-state index in [1.54, 1.807) is 4.90 Å². The SMILES string of the molecule is C/C=C/CN1C(=O)C(CC)(CC)NC(=O)C1CCC. The minimum absolute atomic E-state index is 0.00495. The maximum Gasteiger partial charge on any atom is 0.249 e. The van der Waals surface area contributed by atoms with E-state index in [4.69, 9.17) is 0 Å². The second kappa shape index (κ2) is 6.73. The minimum Gasteiger partial charge on any atom is -0.340 e. The Morgan fingerprint density at radius 1 is 1.26 bits per heavy atom. The molecule has 0 aromatic rings. The van der Waals surface area contributed by atoms with Gasteiger partial charge in [0.25, 0.3) is 0 Å². The van der Waals surface area contributed by atoms with Gasteiger partial charge in [0.2, 0.25) is 11.8 Å². The van der Waals surface area contributed by atoms with E-state index in [-0.39, 0.29) is 17.9 Å². The Labute approximate surface area is 116 Å². The van der Waals surface area contributed by atoms with Crippen LogP contribution in [-0.4, -0.2) is 34.8 Å². The average Bonchev–Trinajstić information content (AvgIpc) is 2.42. The number of carbonyl (C=O) groups is 2. The third-order valence-corrected chi connectivity index (χ3v) is 4.02. The molecule has 0 aromatic heterocycles. The van der Waals surface area contributed by atoms with E-state index in [0.717, 1.165) is 12.8 Å². The molecule has 0 aliphatic carbocycles. The van der Waals surface area contributed by atoms with Gasteiger partial charge in [-0.2, -0.15) is 0 Å². The minimum atomic E-state index is -0.705. The highest BCUT2D eigenvalue weighted by Gasteiger charge is 2.47. The average molecular weight is 266 g/mol. The van der Waals surface area contributed by atoms with Crippen LogP contribution in [-0.2, 0) is 9.59 Å². The lowest BCUT2D eigenvalue weighted by atomic mass is 9.86. The van der Waals surface area contributed by atoms with Gasteiger partial charge in [0.05, 0.1) is 0 Å². The first-order valence-corrected chi connectivity index (χ1v) is 7.30. The monoisotopic (exact) mass is 266 g/mol. The Kier molecular flexibility index (Phi) is 5.58. The number of rotatable bonds is 6. The summed E-state index contributed by atoms with van der Waals surface area (Å²) in [5.74, 6) is 0.0586. The molecule has 0 bridgehead atoms. The summed E-state index contributed by atoms with van der Waals surface area (Å²) in [5, 5.41) is 2.97. The number of piperazine rings is 1. The first-order valence-electron chi connectivity index (χ1n) is 7.30.